The summed E-state index contributed by atoms with van der Waals surface area (Å²) in [6.07, 6.45) is 1.21. The van der Waals surface area contributed by atoms with Crippen molar-refractivity contribution < 1.29 is 13.2 Å². The standard InChI is InChI=1S/C9H16N4O3S/c1-4-13(3)9(14)6-11-17(15,16)8-5-10-7(2)12-8/h5,11H,4,6H2,1-3H3,(H,10,12). The van der Waals surface area contributed by atoms with Gasteiger partial charge in [-0.3, -0.25) is 4.79 Å². The molecule has 0 saturated heterocycles. The van der Waals surface area contributed by atoms with E-state index in [1.165, 1.54) is 11.1 Å². The molecule has 0 saturated carbocycles. The van der Waals surface area contributed by atoms with Gasteiger partial charge in [-0.05, 0) is 13.8 Å². The molecule has 0 bridgehead atoms. The molecule has 0 aliphatic carbocycles. The van der Waals surface area contributed by atoms with Crippen LogP contribution in [-0.4, -0.2) is 49.3 Å². The molecule has 1 amide bonds. The van der Waals surface area contributed by atoms with Gasteiger partial charge in [0.1, 0.15) is 5.82 Å². The number of H-pyrrole nitrogens is 1. The number of hydrogen-bond acceptors (Lipinski definition) is 4. The molecule has 0 aliphatic heterocycles. The van der Waals surface area contributed by atoms with Crippen molar-refractivity contribution in [1.82, 2.24) is 19.6 Å². The van der Waals surface area contributed by atoms with Gasteiger partial charge in [-0.25, -0.2) is 18.1 Å². The summed E-state index contributed by atoms with van der Waals surface area (Å²) in [6.45, 7) is 3.73. The summed E-state index contributed by atoms with van der Waals surface area (Å²) >= 11 is 0. The van der Waals surface area contributed by atoms with Crippen LogP contribution in [0.2, 0.25) is 0 Å². The lowest BCUT2D eigenvalue weighted by molar-refractivity contribution is -0.128. The van der Waals surface area contributed by atoms with Crippen LogP contribution in [0.25, 0.3) is 0 Å². The van der Waals surface area contributed by atoms with E-state index in [1.807, 2.05) is 6.92 Å². The first-order valence-corrected chi connectivity index (χ1v) is 6.60. The Morgan fingerprint density at radius 3 is 2.71 bits per heavy atom. The predicted octanol–water partition coefficient (Wildman–Crippen LogP) is -0.525. The third-order valence-electron chi connectivity index (χ3n) is 2.28. The normalized spacial score (nSPS) is 11.5. The highest BCUT2D eigenvalue weighted by Gasteiger charge is 2.18. The van der Waals surface area contributed by atoms with E-state index in [1.54, 1.807) is 14.0 Å². The Labute approximate surface area is 100 Å². The molecule has 0 atom stereocenters. The quantitative estimate of drug-likeness (QED) is 0.744. The Hall–Kier alpha value is -1.41. The molecule has 1 aromatic rings. The van der Waals surface area contributed by atoms with Crippen LogP contribution in [0.15, 0.2) is 11.2 Å². The Kier molecular flexibility index (Phi) is 4.24. The minimum Gasteiger partial charge on any atom is -0.345 e. The number of aromatic amines is 1. The number of aromatic nitrogens is 2. The van der Waals surface area contributed by atoms with Crippen LogP contribution < -0.4 is 4.72 Å². The summed E-state index contributed by atoms with van der Waals surface area (Å²) in [7, 11) is -2.08. The molecule has 0 fully saturated rings. The summed E-state index contributed by atoms with van der Waals surface area (Å²) in [5.41, 5.74) is 0. The molecule has 8 heteroatoms. The molecule has 1 rings (SSSR count). The Balaban J connectivity index is 2.66. The first kappa shape index (κ1) is 13.7. The molecule has 0 aromatic carbocycles. The molecule has 96 valence electrons. The van der Waals surface area contributed by atoms with Gasteiger partial charge >= 0.3 is 0 Å². The highest BCUT2D eigenvalue weighted by molar-refractivity contribution is 7.89. The Morgan fingerprint density at radius 1 is 1.59 bits per heavy atom. The lowest BCUT2D eigenvalue weighted by Crippen LogP contribution is -2.38. The number of sulfonamides is 1. The first-order chi connectivity index (χ1) is 7.86. The molecule has 0 aliphatic rings. The monoisotopic (exact) mass is 260 g/mol. The van der Waals surface area contributed by atoms with Crippen molar-refractivity contribution in [3.05, 3.63) is 12.0 Å². The number of nitrogens with zero attached hydrogens (tertiary/aromatic N) is 2. The molecular formula is C9H16N4O3S. The lowest BCUT2D eigenvalue weighted by atomic mass is 10.5. The number of carbonyl (C=O) groups is 1. The van der Waals surface area contributed by atoms with Crippen molar-refractivity contribution in [2.24, 2.45) is 0 Å². The predicted molar refractivity (Wildman–Crippen MR) is 61.8 cm³/mol. The zero-order valence-corrected chi connectivity index (χ0v) is 10.8. The maximum atomic E-state index is 11.7. The summed E-state index contributed by atoms with van der Waals surface area (Å²) in [5, 5.41) is -0.0399. The molecule has 2 N–H and O–H groups in total. The SMILES string of the molecule is CCN(C)C(=O)CNS(=O)(=O)c1cnc(C)[nH]1. The van der Waals surface area contributed by atoms with Crippen molar-refractivity contribution in [3.8, 4) is 0 Å². The number of hydrogen-bond donors (Lipinski definition) is 2. The molecule has 1 aromatic heterocycles. The van der Waals surface area contributed by atoms with Gasteiger partial charge in [-0.1, -0.05) is 0 Å². The lowest BCUT2D eigenvalue weighted by Gasteiger charge is -2.14. The maximum Gasteiger partial charge on any atom is 0.258 e. The first-order valence-electron chi connectivity index (χ1n) is 5.12. The van der Waals surface area contributed by atoms with Crippen LogP contribution in [-0.2, 0) is 14.8 Å². The average molecular weight is 260 g/mol. The van der Waals surface area contributed by atoms with Crippen LogP contribution in [0.4, 0.5) is 0 Å². The average Bonchev–Trinajstić information content (AvgIpc) is 2.72. The van der Waals surface area contributed by atoms with E-state index in [-0.39, 0.29) is 17.5 Å². The third-order valence-corrected chi connectivity index (χ3v) is 3.59. The van der Waals surface area contributed by atoms with Crippen LogP contribution >= 0.6 is 0 Å². The topological polar surface area (TPSA) is 95.2 Å². The van der Waals surface area contributed by atoms with Gasteiger partial charge in [0.05, 0.1) is 12.7 Å². The van der Waals surface area contributed by atoms with Crippen LogP contribution in [0.5, 0.6) is 0 Å². The molecule has 7 nitrogen and oxygen atoms in total. The molecular weight excluding hydrogens is 244 g/mol. The van der Waals surface area contributed by atoms with Gasteiger partial charge in [-0.2, -0.15) is 0 Å². The van der Waals surface area contributed by atoms with Gasteiger partial charge in [0.2, 0.25) is 5.91 Å². The zero-order chi connectivity index (χ0) is 13.1. The third kappa shape index (κ3) is 3.53. The summed E-state index contributed by atoms with van der Waals surface area (Å²) in [6, 6.07) is 0. The van der Waals surface area contributed by atoms with Gasteiger partial charge in [0.25, 0.3) is 10.0 Å². The fourth-order valence-electron chi connectivity index (χ4n) is 1.08. The van der Waals surface area contributed by atoms with E-state index in [0.717, 1.165) is 0 Å². The zero-order valence-electron chi connectivity index (χ0n) is 10.0. The largest absolute Gasteiger partial charge is 0.345 e. The summed E-state index contributed by atoms with van der Waals surface area (Å²) < 4.78 is 25.6. The minimum atomic E-state index is -3.69. The number of imidazole rings is 1. The minimum absolute atomic E-state index is 0.0399. The number of likely N-dealkylation sites (N-methyl/N-ethyl adjacent to an activating group) is 1. The van der Waals surface area contributed by atoms with Gasteiger partial charge in [0, 0.05) is 13.6 Å². The maximum absolute atomic E-state index is 11.7. The number of rotatable bonds is 5. The van der Waals surface area contributed by atoms with Crippen molar-refractivity contribution in [1.29, 1.82) is 0 Å². The number of carbonyl (C=O) groups excluding carboxylic acids is 1. The van der Waals surface area contributed by atoms with Crippen LogP contribution in [0, 0.1) is 6.92 Å². The summed E-state index contributed by atoms with van der Waals surface area (Å²) in [5.74, 6) is 0.217. The van der Waals surface area contributed by atoms with Crippen LogP contribution in [0.1, 0.15) is 12.7 Å². The van der Waals surface area contributed by atoms with Crippen molar-refractivity contribution >= 4 is 15.9 Å². The van der Waals surface area contributed by atoms with Crippen molar-refractivity contribution in [2.45, 2.75) is 18.9 Å². The fourth-order valence-corrected chi connectivity index (χ4v) is 2.02. The second-order valence-corrected chi connectivity index (χ2v) is 5.30. The molecule has 0 unspecified atom stereocenters. The molecule has 0 spiro atoms. The van der Waals surface area contributed by atoms with Crippen LogP contribution in [0.3, 0.4) is 0 Å². The van der Waals surface area contributed by atoms with Gasteiger partial charge in [-0.15, -0.1) is 0 Å². The summed E-state index contributed by atoms with van der Waals surface area (Å²) in [4.78, 5) is 19.2. The van der Waals surface area contributed by atoms with E-state index in [2.05, 4.69) is 14.7 Å². The number of aryl methyl sites for hydroxylation is 1. The van der Waals surface area contributed by atoms with E-state index < -0.39 is 10.0 Å². The van der Waals surface area contributed by atoms with Crippen molar-refractivity contribution in [2.75, 3.05) is 20.1 Å². The molecule has 17 heavy (non-hydrogen) atoms. The van der Waals surface area contributed by atoms with E-state index in [4.69, 9.17) is 0 Å². The molecule has 1 heterocycles. The fraction of sp³-hybridized carbons (Fsp3) is 0.556. The van der Waals surface area contributed by atoms with Crippen molar-refractivity contribution in [3.63, 3.8) is 0 Å². The van der Waals surface area contributed by atoms with Gasteiger partial charge < -0.3 is 9.88 Å². The Morgan fingerprint density at radius 2 is 2.24 bits per heavy atom. The highest BCUT2D eigenvalue weighted by atomic mass is 32.2. The number of amides is 1. The molecule has 0 radical (unpaired) electrons. The van der Waals surface area contributed by atoms with E-state index >= 15 is 0 Å². The van der Waals surface area contributed by atoms with Gasteiger partial charge in [0.15, 0.2) is 5.03 Å². The smallest absolute Gasteiger partial charge is 0.258 e. The van der Waals surface area contributed by atoms with E-state index in [0.29, 0.717) is 12.4 Å². The second-order valence-electron chi connectivity index (χ2n) is 3.57. The Bertz CT molecular complexity index is 494. The second kappa shape index (κ2) is 5.28. The highest BCUT2D eigenvalue weighted by Crippen LogP contribution is 2.04. The van der Waals surface area contributed by atoms with E-state index in [9.17, 15) is 13.2 Å². The number of nitrogens with one attached hydrogen (secondary N) is 2.